The molecule has 0 bridgehead atoms. The van der Waals surface area contributed by atoms with Crippen molar-refractivity contribution in [3.05, 3.63) is 29.6 Å². The molecule has 0 fully saturated rings. The zero-order chi connectivity index (χ0) is 12.8. The number of primary amides is 1. The zero-order valence-corrected chi connectivity index (χ0v) is 9.48. The summed E-state index contributed by atoms with van der Waals surface area (Å²) in [5, 5.41) is 0. The van der Waals surface area contributed by atoms with Crippen LogP contribution in [0.3, 0.4) is 0 Å². The maximum atomic E-state index is 13.4. The molecule has 0 heterocycles. The number of nitrogens with two attached hydrogens (primary N) is 2. The van der Waals surface area contributed by atoms with Gasteiger partial charge < -0.3 is 20.9 Å². The van der Waals surface area contributed by atoms with Crippen molar-refractivity contribution in [2.24, 2.45) is 11.5 Å². The van der Waals surface area contributed by atoms with E-state index in [1.165, 1.54) is 19.2 Å². The lowest BCUT2D eigenvalue weighted by Crippen LogP contribution is -2.23. The van der Waals surface area contributed by atoms with Gasteiger partial charge in [0.05, 0.1) is 19.8 Å². The van der Waals surface area contributed by atoms with Crippen LogP contribution in [0.25, 0.3) is 0 Å². The predicted octanol–water partition coefficient (Wildman–Crippen LogP) is 0.336. The summed E-state index contributed by atoms with van der Waals surface area (Å²) in [5.41, 5.74) is 11.2. The molecule has 0 radical (unpaired) electrons. The lowest BCUT2D eigenvalue weighted by atomic mass is 10.1. The zero-order valence-electron chi connectivity index (χ0n) is 9.48. The molecule has 94 valence electrons. The largest absolute Gasteiger partial charge is 0.494 e. The highest BCUT2D eigenvalue weighted by Gasteiger charge is 2.10. The third-order valence-corrected chi connectivity index (χ3v) is 2.15. The van der Waals surface area contributed by atoms with Crippen LogP contribution in [0, 0.1) is 5.82 Å². The molecule has 4 N–H and O–H groups in total. The SMILES string of the molecule is COc1ccc(C(N)COCC(N)=O)cc1F. The first-order valence-electron chi connectivity index (χ1n) is 4.99. The maximum absolute atomic E-state index is 13.4. The van der Waals surface area contributed by atoms with Crippen molar-refractivity contribution in [3.63, 3.8) is 0 Å². The summed E-state index contributed by atoms with van der Waals surface area (Å²) < 4.78 is 23.1. The van der Waals surface area contributed by atoms with Crippen LogP contribution in [0.1, 0.15) is 11.6 Å². The number of ether oxygens (including phenoxy) is 2. The number of rotatable bonds is 6. The Balaban J connectivity index is 2.59. The van der Waals surface area contributed by atoms with Gasteiger partial charge in [-0.3, -0.25) is 4.79 Å². The average molecular weight is 242 g/mol. The summed E-state index contributed by atoms with van der Waals surface area (Å²) in [6, 6.07) is 3.88. The van der Waals surface area contributed by atoms with Gasteiger partial charge in [-0.25, -0.2) is 4.39 Å². The predicted molar refractivity (Wildman–Crippen MR) is 59.9 cm³/mol. The minimum absolute atomic E-state index is 0.0920. The molecule has 1 rings (SSSR count). The third-order valence-electron chi connectivity index (χ3n) is 2.15. The molecule has 0 aromatic heterocycles. The fourth-order valence-corrected chi connectivity index (χ4v) is 1.30. The van der Waals surface area contributed by atoms with E-state index in [9.17, 15) is 9.18 Å². The molecule has 17 heavy (non-hydrogen) atoms. The van der Waals surface area contributed by atoms with E-state index in [-0.39, 0.29) is 19.0 Å². The van der Waals surface area contributed by atoms with Gasteiger partial charge in [-0.1, -0.05) is 6.07 Å². The number of hydrogen-bond donors (Lipinski definition) is 2. The van der Waals surface area contributed by atoms with E-state index in [2.05, 4.69) is 0 Å². The van der Waals surface area contributed by atoms with E-state index in [0.717, 1.165) is 0 Å². The second kappa shape index (κ2) is 6.17. The highest BCUT2D eigenvalue weighted by Crippen LogP contribution is 2.20. The van der Waals surface area contributed by atoms with Crippen LogP contribution >= 0.6 is 0 Å². The number of carbonyl (C=O) groups is 1. The minimum atomic E-state index is -0.571. The molecule has 1 unspecified atom stereocenters. The minimum Gasteiger partial charge on any atom is -0.494 e. The Morgan fingerprint density at radius 1 is 1.53 bits per heavy atom. The molecule has 5 nitrogen and oxygen atoms in total. The van der Waals surface area contributed by atoms with Gasteiger partial charge in [-0.05, 0) is 17.7 Å². The molecule has 1 aromatic carbocycles. The van der Waals surface area contributed by atoms with E-state index in [1.54, 1.807) is 6.07 Å². The molecule has 0 spiro atoms. The molecule has 1 atom stereocenters. The normalized spacial score (nSPS) is 12.2. The van der Waals surface area contributed by atoms with E-state index in [0.29, 0.717) is 5.56 Å². The molecule has 0 aliphatic carbocycles. The highest BCUT2D eigenvalue weighted by atomic mass is 19.1. The third kappa shape index (κ3) is 4.01. The Kier molecular flexibility index (Phi) is 4.86. The molecular formula is C11H15FN2O3. The molecule has 1 amide bonds. The first-order valence-corrected chi connectivity index (χ1v) is 4.99. The number of carbonyl (C=O) groups excluding carboxylic acids is 1. The molecule has 0 aliphatic heterocycles. The van der Waals surface area contributed by atoms with E-state index in [1.807, 2.05) is 0 Å². The Bertz CT molecular complexity index is 398. The fourth-order valence-electron chi connectivity index (χ4n) is 1.30. The van der Waals surface area contributed by atoms with Crippen LogP contribution in [0.2, 0.25) is 0 Å². The number of amides is 1. The van der Waals surface area contributed by atoms with Gasteiger partial charge in [0.25, 0.3) is 0 Å². The second-order valence-corrected chi connectivity index (χ2v) is 3.48. The smallest absolute Gasteiger partial charge is 0.243 e. The van der Waals surface area contributed by atoms with Crippen LogP contribution in [0.4, 0.5) is 4.39 Å². The van der Waals surface area contributed by atoms with Crippen molar-refractivity contribution in [1.82, 2.24) is 0 Å². The van der Waals surface area contributed by atoms with Gasteiger partial charge in [0.15, 0.2) is 11.6 Å². The summed E-state index contributed by atoms with van der Waals surface area (Å²) in [6.45, 7) is -0.110. The van der Waals surface area contributed by atoms with Crippen LogP contribution < -0.4 is 16.2 Å². The molecule has 0 saturated heterocycles. The van der Waals surface area contributed by atoms with Crippen molar-refractivity contribution in [1.29, 1.82) is 0 Å². The monoisotopic (exact) mass is 242 g/mol. The van der Waals surface area contributed by atoms with Crippen molar-refractivity contribution in [3.8, 4) is 5.75 Å². The Morgan fingerprint density at radius 2 is 2.24 bits per heavy atom. The van der Waals surface area contributed by atoms with Crippen LogP contribution in [-0.4, -0.2) is 26.2 Å². The first-order chi connectivity index (χ1) is 8.04. The summed E-state index contributed by atoms with van der Waals surface area (Å²) in [4.78, 5) is 10.4. The maximum Gasteiger partial charge on any atom is 0.243 e. The van der Waals surface area contributed by atoms with Crippen molar-refractivity contribution >= 4 is 5.91 Å². The van der Waals surface area contributed by atoms with Crippen molar-refractivity contribution < 1.29 is 18.7 Å². The van der Waals surface area contributed by atoms with Gasteiger partial charge in [0, 0.05) is 0 Å². The number of benzene rings is 1. The van der Waals surface area contributed by atoms with E-state index < -0.39 is 17.8 Å². The second-order valence-electron chi connectivity index (χ2n) is 3.48. The molecule has 6 heteroatoms. The topological polar surface area (TPSA) is 87.6 Å². The van der Waals surface area contributed by atoms with Gasteiger partial charge in [0.2, 0.25) is 5.91 Å². The number of methoxy groups -OCH3 is 1. The van der Waals surface area contributed by atoms with E-state index in [4.69, 9.17) is 20.9 Å². The number of hydrogen-bond acceptors (Lipinski definition) is 4. The quantitative estimate of drug-likeness (QED) is 0.752. The molecule has 0 aliphatic rings. The van der Waals surface area contributed by atoms with E-state index >= 15 is 0 Å². The summed E-state index contributed by atoms with van der Waals surface area (Å²) in [7, 11) is 1.38. The van der Waals surface area contributed by atoms with Gasteiger partial charge in [-0.2, -0.15) is 0 Å². The van der Waals surface area contributed by atoms with Gasteiger partial charge in [-0.15, -0.1) is 0 Å². The van der Waals surface area contributed by atoms with Gasteiger partial charge in [0.1, 0.15) is 6.61 Å². The summed E-state index contributed by atoms with van der Waals surface area (Å²) >= 11 is 0. The van der Waals surface area contributed by atoms with Crippen LogP contribution in [0.15, 0.2) is 18.2 Å². The Hall–Kier alpha value is -1.66. The lowest BCUT2D eigenvalue weighted by Gasteiger charge is -2.13. The van der Waals surface area contributed by atoms with Crippen molar-refractivity contribution in [2.75, 3.05) is 20.3 Å². The summed E-state index contributed by atoms with van der Waals surface area (Å²) in [6.07, 6.45) is 0. The lowest BCUT2D eigenvalue weighted by molar-refractivity contribution is -0.122. The van der Waals surface area contributed by atoms with Gasteiger partial charge >= 0.3 is 0 Å². The standard InChI is InChI=1S/C11H15FN2O3/c1-16-10-3-2-7(4-8(10)12)9(13)5-17-6-11(14)15/h2-4,9H,5-6,13H2,1H3,(H2,14,15). The number of halogens is 1. The van der Waals surface area contributed by atoms with Crippen molar-refractivity contribution in [2.45, 2.75) is 6.04 Å². The fraction of sp³-hybridized carbons (Fsp3) is 0.364. The Labute approximate surface area is 98.5 Å². The first kappa shape index (κ1) is 13.4. The highest BCUT2D eigenvalue weighted by molar-refractivity contribution is 5.74. The molecule has 0 saturated carbocycles. The molecular weight excluding hydrogens is 227 g/mol. The van der Waals surface area contributed by atoms with Crippen LogP contribution in [-0.2, 0) is 9.53 Å². The van der Waals surface area contributed by atoms with Crippen LogP contribution in [0.5, 0.6) is 5.75 Å². The average Bonchev–Trinajstić information content (AvgIpc) is 2.28. The molecule has 1 aromatic rings. The Morgan fingerprint density at radius 3 is 2.76 bits per heavy atom. The summed E-state index contributed by atoms with van der Waals surface area (Å²) in [5.74, 6) is -0.910.